The molecule has 51 heavy (non-hydrogen) atoms. The van der Waals surface area contributed by atoms with Crippen molar-refractivity contribution in [1.82, 2.24) is 9.96 Å². The van der Waals surface area contributed by atoms with E-state index in [1.54, 1.807) is 37.8 Å². The molecule has 1 heterocycles. The normalized spacial score (nSPS) is 13.3. The van der Waals surface area contributed by atoms with Gasteiger partial charge in [-0.05, 0) is 72.1 Å². The van der Waals surface area contributed by atoms with Gasteiger partial charge in [0.1, 0.15) is 11.2 Å². The Morgan fingerprint density at radius 3 is 1.47 bits per heavy atom. The summed E-state index contributed by atoms with van der Waals surface area (Å²) in [5, 5.41) is 0.511. The zero-order valence-electron chi connectivity index (χ0n) is 32.0. The van der Waals surface area contributed by atoms with Gasteiger partial charge >= 0.3 is 17.9 Å². The maximum Gasteiger partial charge on any atom is 0.363 e. The summed E-state index contributed by atoms with van der Waals surface area (Å²) in [6.07, 6.45) is 15.4. The van der Waals surface area contributed by atoms with Crippen LogP contribution in [0.1, 0.15) is 173 Å². The fourth-order valence-corrected chi connectivity index (χ4v) is 5.71. The van der Waals surface area contributed by atoms with Crippen molar-refractivity contribution in [3.8, 4) is 0 Å². The summed E-state index contributed by atoms with van der Waals surface area (Å²) in [7, 11) is 0. The van der Waals surface area contributed by atoms with Gasteiger partial charge in [0, 0.05) is 38.8 Å². The van der Waals surface area contributed by atoms with Crippen molar-refractivity contribution in [2.75, 3.05) is 6.54 Å². The first-order valence-corrected chi connectivity index (χ1v) is 18.9. The molecule has 0 atom stereocenters. The summed E-state index contributed by atoms with van der Waals surface area (Å²) in [5.74, 6) is -2.44. The maximum atomic E-state index is 13.3. The van der Waals surface area contributed by atoms with Gasteiger partial charge < -0.3 is 19.2 Å². The molecule has 1 fully saturated rings. The monoisotopic (exact) mass is 714 g/mol. The van der Waals surface area contributed by atoms with Gasteiger partial charge in [-0.25, -0.2) is 4.79 Å². The summed E-state index contributed by atoms with van der Waals surface area (Å²) in [6, 6.07) is 6.42. The minimum atomic E-state index is -0.816. The molecule has 1 aromatic carbocycles. The van der Waals surface area contributed by atoms with Gasteiger partial charge in [0.15, 0.2) is 0 Å². The smallest absolute Gasteiger partial charge is 0.363 e. The molecule has 0 saturated carbocycles. The van der Waals surface area contributed by atoms with Gasteiger partial charge in [0.2, 0.25) is 5.91 Å². The molecular weight excluding hydrogens is 652 g/mol. The third-order valence-electron chi connectivity index (χ3n) is 8.29. The fourth-order valence-electron chi connectivity index (χ4n) is 5.71. The second kappa shape index (κ2) is 22.2. The quantitative estimate of drug-likeness (QED) is 0.0625. The van der Waals surface area contributed by atoms with Gasteiger partial charge in [-0.3, -0.25) is 24.0 Å². The molecule has 3 amide bonds. The molecule has 0 radical (unpaired) electrons. The highest BCUT2D eigenvalue weighted by molar-refractivity contribution is 6.02. The van der Waals surface area contributed by atoms with Crippen molar-refractivity contribution in [3.05, 3.63) is 35.4 Å². The summed E-state index contributed by atoms with van der Waals surface area (Å²) < 4.78 is 10.8. The van der Waals surface area contributed by atoms with Crippen molar-refractivity contribution in [2.24, 2.45) is 0 Å². The second-order valence-electron chi connectivity index (χ2n) is 15.5. The Morgan fingerprint density at radius 1 is 0.608 bits per heavy atom. The molecule has 1 aliphatic heterocycles. The largest absolute Gasteiger partial charge is 0.460 e. The summed E-state index contributed by atoms with van der Waals surface area (Å²) in [4.78, 5) is 80.2. The van der Waals surface area contributed by atoms with E-state index in [0.717, 1.165) is 50.5 Å². The Balaban J connectivity index is 1.68. The predicted octanol–water partition coefficient (Wildman–Crippen LogP) is 8.16. The first-order valence-electron chi connectivity index (χ1n) is 18.9. The zero-order chi connectivity index (χ0) is 37.9. The third-order valence-corrected chi connectivity index (χ3v) is 8.29. The highest BCUT2D eigenvalue weighted by Gasteiger charge is 2.33. The molecule has 11 nitrogen and oxygen atoms in total. The van der Waals surface area contributed by atoms with E-state index in [-0.39, 0.29) is 55.8 Å². The number of hydrogen-bond acceptors (Lipinski definition) is 9. The molecule has 11 heteroatoms. The van der Waals surface area contributed by atoms with Crippen LogP contribution in [-0.4, -0.2) is 63.3 Å². The third kappa shape index (κ3) is 19.4. The Morgan fingerprint density at radius 2 is 1.02 bits per heavy atom. The first kappa shape index (κ1) is 43.4. The van der Waals surface area contributed by atoms with Crippen molar-refractivity contribution in [3.63, 3.8) is 0 Å². The minimum Gasteiger partial charge on any atom is -0.460 e. The van der Waals surface area contributed by atoms with Crippen LogP contribution in [0.15, 0.2) is 24.3 Å². The number of esters is 2. The number of ether oxygens (including phenoxy) is 2. The summed E-state index contributed by atoms with van der Waals surface area (Å²) >= 11 is 0. The number of nitrogens with zero attached hydrogens (tertiary/aromatic N) is 2. The fraction of sp³-hybridized carbons (Fsp3) is 0.700. The molecule has 1 aliphatic rings. The van der Waals surface area contributed by atoms with E-state index in [0.29, 0.717) is 17.9 Å². The Bertz CT molecular complexity index is 1260. The van der Waals surface area contributed by atoms with E-state index in [2.05, 4.69) is 0 Å². The maximum absolute atomic E-state index is 13.3. The van der Waals surface area contributed by atoms with Crippen molar-refractivity contribution in [2.45, 2.75) is 175 Å². The number of hydrogen-bond donors (Lipinski definition) is 0. The minimum absolute atomic E-state index is 0.0156. The van der Waals surface area contributed by atoms with Gasteiger partial charge in [0.25, 0.3) is 11.8 Å². The highest BCUT2D eigenvalue weighted by Crippen LogP contribution is 2.18. The number of carbonyl (C=O) groups excluding carboxylic acids is 6. The van der Waals surface area contributed by atoms with Gasteiger partial charge in [0.05, 0.1) is 12.0 Å². The van der Waals surface area contributed by atoms with Crippen LogP contribution < -0.4 is 0 Å². The Kier molecular flexibility index (Phi) is 18.9. The lowest BCUT2D eigenvalue weighted by atomic mass is 10.0. The van der Waals surface area contributed by atoms with Crippen LogP contribution in [-0.2, 0) is 44.8 Å². The predicted molar refractivity (Wildman–Crippen MR) is 194 cm³/mol. The molecule has 0 aromatic heterocycles. The SMILES string of the molecule is CC(C)(C)OC(=O)CCCCCCCCCCCCCCCC(=O)N(CCC(=O)OC(C)(C)C)Cc1ccc(C(=O)ON2C(=O)CCC2=O)cc1. The number of carbonyl (C=O) groups is 6. The molecule has 0 bridgehead atoms. The Hall–Kier alpha value is -3.76. The van der Waals surface area contributed by atoms with E-state index in [4.69, 9.17) is 14.3 Å². The van der Waals surface area contributed by atoms with E-state index in [1.807, 2.05) is 20.8 Å². The lowest BCUT2D eigenvalue weighted by Crippen LogP contribution is -2.34. The number of imide groups is 1. The lowest BCUT2D eigenvalue weighted by Gasteiger charge is -2.24. The molecule has 0 unspecified atom stereocenters. The van der Waals surface area contributed by atoms with Gasteiger partial charge in [-0.2, -0.15) is 0 Å². The van der Waals surface area contributed by atoms with Crippen LogP contribution in [0.5, 0.6) is 0 Å². The second-order valence-corrected chi connectivity index (χ2v) is 15.5. The zero-order valence-corrected chi connectivity index (χ0v) is 32.0. The molecule has 0 aliphatic carbocycles. The average Bonchev–Trinajstić information content (AvgIpc) is 3.35. The number of hydroxylamine groups is 2. The summed E-state index contributed by atoms with van der Waals surface area (Å²) in [6.45, 7) is 11.6. The van der Waals surface area contributed by atoms with Crippen LogP contribution in [0.3, 0.4) is 0 Å². The number of benzene rings is 1. The van der Waals surface area contributed by atoms with Crippen LogP contribution in [0.25, 0.3) is 0 Å². The summed E-state index contributed by atoms with van der Waals surface area (Å²) in [5.41, 5.74) is -0.0999. The van der Waals surface area contributed by atoms with E-state index < -0.39 is 29.0 Å². The lowest BCUT2D eigenvalue weighted by molar-refractivity contribution is -0.172. The first-order chi connectivity index (χ1) is 24.0. The van der Waals surface area contributed by atoms with Crippen molar-refractivity contribution >= 4 is 35.6 Å². The molecule has 1 saturated heterocycles. The van der Waals surface area contributed by atoms with Crippen LogP contribution >= 0.6 is 0 Å². The topological polar surface area (TPSA) is 137 Å². The Labute approximate surface area is 305 Å². The number of rotatable bonds is 23. The number of amides is 3. The molecule has 0 N–H and O–H groups in total. The van der Waals surface area contributed by atoms with E-state index in [1.165, 1.54) is 50.7 Å². The van der Waals surface area contributed by atoms with E-state index >= 15 is 0 Å². The van der Waals surface area contributed by atoms with Crippen LogP contribution in [0.2, 0.25) is 0 Å². The highest BCUT2D eigenvalue weighted by atomic mass is 16.7. The molecule has 286 valence electrons. The van der Waals surface area contributed by atoms with Gasteiger partial charge in [-0.1, -0.05) is 82.8 Å². The van der Waals surface area contributed by atoms with Gasteiger partial charge in [-0.15, -0.1) is 5.06 Å². The molecule has 1 aromatic rings. The van der Waals surface area contributed by atoms with Crippen LogP contribution in [0, 0.1) is 0 Å². The standard InChI is InChI=1S/C40H62N2O9/c1-39(2,3)49-36(46)21-19-17-15-13-11-9-7-8-10-12-14-16-18-20-33(43)41(29-28-37(47)50-40(4,5)6)30-31-22-24-32(25-23-31)38(48)51-42-34(44)26-27-35(42)45/h22-25H,7-21,26-30H2,1-6H3. The van der Waals surface area contributed by atoms with Crippen molar-refractivity contribution in [1.29, 1.82) is 0 Å². The number of unbranched alkanes of at least 4 members (excludes halogenated alkanes) is 12. The molecule has 2 rings (SSSR count). The average molecular weight is 715 g/mol. The molecular formula is C40H62N2O9. The van der Waals surface area contributed by atoms with E-state index in [9.17, 15) is 28.8 Å². The molecule has 0 spiro atoms. The van der Waals surface area contributed by atoms with Crippen LogP contribution in [0.4, 0.5) is 0 Å². The van der Waals surface area contributed by atoms with Crippen molar-refractivity contribution < 1.29 is 43.1 Å².